The average Bonchev–Trinajstić information content (AvgIpc) is 2.25. The SMILES string of the molecule is CC(O)CCN(C)C(=O)c1ccc(F)cc1Br. The number of benzene rings is 1. The van der Waals surface area contributed by atoms with Crippen LogP contribution >= 0.6 is 15.9 Å². The van der Waals surface area contributed by atoms with Gasteiger partial charge in [-0.15, -0.1) is 0 Å². The highest BCUT2D eigenvalue weighted by Crippen LogP contribution is 2.19. The number of aliphatic hydroxyl groups excluding tert-OH is 1. The van der Waals surface area contributed by atoms with Gasteiger partial charge in [0.1, 0.15) is 5.82 Å². The number of amides is 1. The molecule has 0 saturated carbocycles. The van der Waals surface area contributed by atoms with E-state index in [2.05, 4.69) is 15.9 Å². The number of hydrogen-bond acceptors (Lipinski definition) is 2. The number of carbonyl (C=O) groups excluding carboxylic acids is 1. The van der Waals surface area contributed by atoms with E-state index in [0.717, 1.165) is 0 Å². The molecular formula is C12H15BrFNO2. The Morgan fingerprint density at radius 2 is 2.24 bits per heavy atom. The summed E-state index contributed by atoms with van der Waals surface area (Å²) in [6.45, 7) is 2.13. The standard InChI is InChI=1S/C12H15BrFNO2/c1-8(16)5-6-15(2)12(17)10-4-3-9(14)7-11(10)13/h3-4,7-8,16H,5-6H2,1-2H3. The fraction of sp³-hybridized carbons (Fsp3) is 0.417. The Morgan fingerprint density at radius 3 is 2.76 bits per heavy atom. The summed E-state index contributed by atoms with van der Waals surface area (Å²) in [6.07, 6.45) is 0.0723. The summed E-state index contributed by atoms with van der Waals surface area (Å²) in [7, 11) is 1.65. The molecule has 0 spiro atoms. The molecule has 1 N–H and O–H groups in total. The van der Waals surface area contributed by atoms with Crippen LogP contribution < -0.4 is 0 Å². The first-order valence-electron chi connectivity index (χ1n) is 5.30. The highest BCUT2D eigenvalue weighted by Gasteiger charge is 2.15. The minimum atomic E-state index is -0.443. The molecule has 0 bridgehead atoms. The van der Waals surface area contributed by atoms with E-state index < -0.39 is 6.10 Å². The van der Waals surface area contributed by atoms with E-state index in [1.54, 1.807) is 14.0 Å². The van der Waals surface area contributed by atoms with E-state index in [4.69, 9.17) is 5.11 Å². The van der Waals surface area contributed by atoms with Crippen LogP contribution in [-0.2, 0) is 0 Å². The van der Waals surface area contributed by atoms with Crippen molar-refractivity contribution < 1.29 is 14.3 Å². The second kappa shape index (κ2) is 6.12. The molecule has 0 heterocycles. The molecule has 0 radical (unpaired) electrons. The average molecular weight is 304 g/mol. The Hall–Kier alpha value is -0.940. The minimum Gasteiger partial charge on any atom is -0.393 e. The largest absolute Gasteiger partial charge is 0.393 e. The van der Waals surface area contributed by atoms with Crippen molar-refractivity contribution in [3.8, 4) is 0 Å². The molecular weight excluding hydrogens is 289 g/mol. The summed E-state index contributed by atoms with van der Waals surface area (Å²) in [5, 5.41) is 9.15. The van der Waals surface area contributed by atoms with Crippen LogP contribution in [0.15, 0.2) is 22.7 Å². The van der Waals surface area contributed by atoms with E-state index in [1.165, 1.54) is 23.1 Å². The van der Waals surface area contributed by atoms with Gasteiger partial charge < -0.3 is 10.0 Å². The van der Waals surface area contributed by atoms with Gasteiger partial charge in [0.05, 0.1) is 11.7 Å². The van der Waals surface area contributed by atoms with Crippen LogP contribution in [0.1, 0.15) is 23.7 Å². The van der Waals surface area contributed by atoms with E-state index in [1.807, 2.05) is 0 Å². The summed E-state index contributed by atoms with van der Waals surface area (Å²) >= 11 is 3.16. The smallest absolute Gasteiger partial charge is 0.254 e. The Morgan fingerprint density at radius 1 is 1.59 bits per heavy atom. The van der Waals surface area contributed by atoms with Crippen LogP contribution in [0.2, 0.25) is 0 Å². The van der Waals surface area contributed by atoms with Gasteiger partial charge in [-0.1, -0.05) is 0 Å². The minimum absolute atomic E-state index is 0.197. The predicted octanol–water partition coefficient (Wildman–Crippen LogP) is 2.43. The second-order valence-corrected chi connectivity index (χ2v) is 4.84. The van der Waals surface area contributed by atoms with Crippen molar-refractivity contribution >= 4 is 21.8 Å². The molecule has 1 aromatic carbocycles. The Kier molecular flexibility index (Phi) is 5.08. The number of rotatable bonds is 4. The molecule has 1 atom stereocenters. The van der Waals surface area contributed by atoms with Crippen molar-refractivity contribution in [2.75, 3.05) is 13.6 Å². The van der Waals surface area contributed by atoms with Gasteiger partial charge in [-0.25, -0.2) is 4.39 Å². The molecule has 0 aliphatic carbocycles. The van der Waals surface area contributed by atoms with E-state index in [-0.39, 0.29) is 11.7 Å². The van der Waals surface area contributed by atoms with Crippen LogP contribution in [0, 0.1) is 5.82 Å². The maximum atomic E-state index is 12.9. The molecule has 0 aromatic heterocycles. The summed E-state index contributed by atoms with van der Waals surface area (Å²) < 4.78 is 13.3. The van der Waals surface area contributed by atoms with Crippen molar-refractivity contribution in [2.24, 2.45) is 0 Å². The fourth-order valence-electron chi connectivity index (χ4n) is 1.35. The van der Waals surface area contributed by atoms with E-state index >= 15 is 0 Å². The number of nitrogens with zero attached hydrogens (tertiary/aromatic N) is 1. The maximum absolute atomic E-state index is 12.9. The van der Waals surface area contributed by atoms with Gasteiger partial charge in [0.15, 0.2) is 0 Å². The Labute approximate surface area is 108 Å². The Balaban J connectivity index is 2.75. The zero-order chi connectivity index (χ0) is 13.0. The van der Waals surface area contributed by atoms with Crippen LogP contribution in [0.3, 0.4) is 0 Å². The molecule has 0 saturated heterocycles. The molecule has 1 unspecified atom stereocenters. The lowest BCUT2D eigenvalue weighted by Gasteiger charge is -2.18. The molecule has 1 rings (SSSR count). The van der Waals surface area contributed by atoms with Crippen LogP contribution in [0.5, 0.6) is 0 Å². The van der Waals surface area contributed by atoms with Gasteiger partial charge in [-0.3, -0.25) is 4.79 Å². The highest BCUT2D eigenvalue weighted by molar-refractivity contribution is 9.10. The number of carbonyl (C=O) groups is 1. The molecule has 5 heteroatoms. The van der Waals surface area contributed by atoms with Crippen molar-refractivity contribution in [1.29, 1.82) is 0 Å². The van der Waals surface area contributed by atoms with Gasteiger partial charge in [0, 0.05) is 18.1 Å². The number of halogens is 2. The summed E-state index contributed by atoms with van der Waals surface area (Å²) in [5.41, 5.74) is 0.416. The van der Waals surface area contributed by atoms with Gasteiger partial charge in [0.2, 0.25) is 0 Å². The quantitative estimate of drug-likeness (QED) is 0.928. The highest BCUT2D eigenvalue weighted by atomic mass is 79.9. The first-order chi connectivity index (χ1) is 7.91. The van der Waals surface area contributed by atoms with Gasteiger partial charge in [0.25, 0.3) is 5.91 Å². The van der Waals surface area contributed by atoms with Crippen molar-refractivity contribution in [2.45, 2.75) is 19.4 Å². The molecule has 0 fully saturated rings. The fourth-order valence-corrected chi connectivity index (χ4v) is 1.87. The van der Waals surface area contributed by atoms with Crippen molar-refractivity contribution in [1.82, 2.24) is 4.90 Å². The van der Waals surface area contributed by atoms with E-state index in [0.29, 0.717) is 23.0 Å². The summed E-state index contributed by atoms with van der Waals surface area (Å²) in [5.74, 6) is -0.586. The molecule has 17 heavy (non-hydrogen) atoms. The first kappa shape index (κ1) is 14.1. The third kappa shape index (κ3) is 4.09. The lowest BCUT2D eigenvalue weighted by molar-refractivity contribution is 0.0768. The number of aliphatic hydroxyl groups is 1. The lowest BCUT2D eigenvalue weighted by atomic mass is 10.2. The zero-order valence-electron chi connectivity index (χ0n) is 9.78. The third-order valence-corrected chi connectivity index (χ3v) is 3.05. The monoisotopic (exact) mass is 303 g/mol. The zero-order valence-corrected chi connectivity index (χ0v) is 11.4. The second-order valence-electron chi connectivity index (χ2n) is 3.99. The number of hydrogen-bond donors (Lipinski definition) is 1. The topological polar surface area (TPSA) is 40.5 Å². The van der Waals surface area contributed by atoms with Crippen molar-refractivity contribution in [3.63, 3.8) is 0 Å². The first-order valence-corrected chi connectivity index (χ1v) is 6.09. The van der Waals surface area contributed by atoms with Crippen LogP contribution in [0.25, 0.3) is 0 Å². The van der Waals surface area contributed by atoms with Crippen LogP contribution in [0.4, 0.5) is 4.39 Å². The molecule has 94 valence electrons. The molecule has 1 amide bonds. The predicted molar refractivity (Wildman–Crippen MR) is 67.4 cm³/mol. The maximum Gasteiger partial charge on any atom is 0.254 e. The molecule has 3 nitrogen and oxygen atoms in total. The van der Waals surface area contributed by atoms with Gasteiger partial charge >= 0.3 is 0 Å². The molecule has 0 aliphatic rings. The Bertz CT molecular complexity index is 409. The lowest BCUT2D eigenvalue weighted by Crippen LogP contribution is -2.29. The van der Waals surface area contributed by atoms with E-state index in [9.17, 15) is 9.18 Å². The summed E-state index contributed by atoms with van der Waals surface area (Å²) in [4.78, 5) is 13.5. The summed E-state index contributed by atoms with van der Waals surface area (Å²) in [6, 6.07) is 3.96. The van der Waals surface area contributed by atoms with Gasteiger partial charge in [-0.05, 0) is 47.5 Å². The van der Waals surface area contributed by atoms with Gasteiger partial charge in [-0.2, -0.15) is 0 Å². The molecule has 0 aliphatic heterocycles. The van der Waals surface area contributed by atoms with Crippen LogP contribution in [-0.4, -0.2) is 35.6 Å². The normalized spacial score (nSPS) is 12.3. The molecule has 1 aromatic rings. The third-order valence-electron chi connectivity index (χ3n) is 2.39. The van der Waals surface area contributed by atoms with Crippen molar-refractivity contribution in [3.05, 3.63) is 34.1 Å².